The quantitative estimate of drug-likeness (QED) is 0.0770. The lowest BCUT2D eigenvalue weighted by Gasteiger charge is -2.19. The fraction of sp³-hybridized carbons (Fsp3) is 0.408. The second-order valence-electron chi connectivity index (χ2n) is 17.3. The van der Waals surface area contributed by atoms with Gasteiger partial charge in [0, 0.05) is 36.9 Å². The van der Waals surface area contributed by atoms with Crippen LogP contribution in [0.4, 0.5) is 0 Å². The Morgan fingerprint density at radius 2 is 1.16 bits per heavy atom. The van der Waals surface area contributed by atoms with Gasteiger partial charge in [-0.25, -0.2) is 4.79 Å². The molecule has 0 radical (unpaired) electrons. The second kappa shape index (κ2) is 16.5. The molecule has 7 aromatic rings. The lowest BCUT2D eigenvalue weighted by Crippen LogP contribution is -2.10. The first-order valence-electron chi connectivity index (χ1n) is 20.4. The van der Waals surface area contributed by atoms with E-state index in [0.717, 1.165) is 27.3 Å². The number of benzene rings is 3. The molecule has 0 saturated heterocycles. The van der Waals surface area contributed by atoms with E-state index < -0.39 is 0 Å². The monoisotopic (exact) mass is 771 g/mol. The van der Waals surface area contributed by atoms with Crippen LogP contribution in [0, 0.1) is 0 Å². The molecule has 0 amide bonds. The maximum absolute atomic E-state index is 13.3. The molecule has 288 valence electrons. The standard InChI is InChI=1S/C49H57NO3S2/c1-8-9-10-11-12-13-14-15-16-17-28-52-36-21-18-33-29-39(47(51)53-42(33)32-36)43-24-25-44(54-43)45-26-27-46(55-45)50-40-22-19-34(48(2,3)4)30-37(40)38-31-35(49(5,6)7)20-23-41(38)50/h18-27,29-32H,8-17,28H2,1-7H3. The van der Waals surface area contributed by atoms with Crippen molar-refractivity contribution in [2.24, 2.45) is 0 Å². The van der Waals surface area contributed by atoms with Crippen LogP contribution in [0.2, 0.25) is 0 Å². The van der Waals surface area contributed by atoms with Crippen molar-refractivity contribution in [3.05, 3.63) is 106 Å². The lowest BCUT2D eigenvalue weighted by molar-refractivity contribution is 0.304. The van der Waals surface area contributed by atoms with E-state index in [1.807, 2.05) is 30.3 Å². The molecule has 4 heterocycles. The smallest absolute Gasteiger partial charge is 0.345 e. The largest absolute Gasteiger partial charge is 0.493 e. The summed E-state index contributed by atoms with van der Waals surface area (Å²) < 4.78 is 14.3. The minimum absolute atomic E-state index is 0.0583. The molecule has 7 rings (SSSR count). The molecule has 0 fully saturated rings. The molecule has 0 N–H and O–H groups in total. The van der Waals surface area contributed by atoms with Gasteiger partial charge in [-0.05, 0) is 95.1 Å². The maximum Gasteiger partial charge on any atom is 0.345 e. The normalized spacial score (nSPS) is 12.4. The van der Waals surface area contributed by atoms with E-state index in [0.29, 0.717) is 17.8 Å². The number of ether oxygens (including phenoxy) is 1. The molecule has 0 aliphatic heterocycles. The molecule has 3 aromatic carbocycles. The van der Waals surface area contributed by atoms with Crippen LogP contribution in [-0.4, -0.2) is 11.2 Å². The average Bonchev–Trinajstić information content (AvgIpc) is 3.90. The first-order chi connectivity index (χ1) is 26.4. The maximum atomic E-state index is 13.3. The van der Waals surface area contributed by atoms with Gasteiger partial charge in [0.1, 0.15) is 16.3 Å². The fourth-order valence-electron chi connectivity index (χ4n) is 7.52. The number of aromatic nitrogens is 1. The summed E-state index contributed by atoms with van der Waals surface area (Å²) in [5, 5.41) is 4.65. The summed E-state index contributed by atoms with van der Waals surface area (Å²) >= 11 is 3.42. The molecule has 0 unspecified atom stereocenters. The molecule has 0 aliphatic carbocycles. The van der Waals surface area contributed by atoms with Gasteiger partial charge in [-0.15, -0.1) is 22.7 Å². The number of nitrogens with zero attached hydrogens (tertiary/aromatic N) is 1. The Morgan fingerprint density at radius 1 is 0.600 bits per heavy atom. The fourth-order valence-corrected chi connectivity index (χ4v) is 9.66. The topological polar surface area (TPSA) is 44.4 Å². The Hall–Kier alpha value is -4.13. The minimum Gasteiger partial charge on any atom is -0.493 e. The van der Waals surface area contributed by atoms with Gasteiger partial charge in [-0.1, -0.05) is 118 Å². The Morgan fingerprint density at radius 3 is 1.78 bits per heavy atom. The third-order valence-electron chi connectivity index (χ3n) is 10.9. The van der Waals surface area contributed by atoms with Crippen LogP contribution < -0.4 is 10.4 Å². The van der Waals surface area contributed by atoms with Crippen molar-refractivity contribution >= 4 is 55.4 Å². The minimum atomic E-state index is -0.325. The molecule has 6 heteroatoms. The highest BCUT2D eigenvalue weighted by molar-refractivity contribution is 7.24. The van der Waals surface area contributed by atoms with E-state index in [4.69, 9.17) is 9.15 Å². The van der Waals surface area contributed by atoms with Gasteiger partial charge in [0.05, 0.1) is 23.2 Å². The predicted octanol–water partition coefficient (Wildman–Crippen LogP) is 15.2. The second-order valence-corrected chi connectivity index (χ2v) is 19.4. The number of unbranched alkanes of at least 4 members (excludes halogenated alkanes) is 9. The van der Waals surface area contributed by atoms with Crippen LogP contribution in [0.3, 0.4) is 0 Å². The summed E-state index contributed by atoms with van der Waals surface area (Å²) in [6.45, 7) is 16.6. The molecule has 0 saturated carbocycles. The highest BCUT2D eigenvalue weighted by Gasteiger charge is 2.22. The number of hydrogen-bond donors (Lipinski definition) is 0. The molecule has 4 aromatic heterocycles. The van der Waals surface area contributed by atoms with E-state index >= 15 is 0 Å². The molecule has 0 spiro atoms. The van der Waals surface area contributed by atoms with Crippen molar-refractivity contribution in [3.8, 4) is 30.9 Å². The molecule has 0 bridgehead atoms. The van der Waals surface area contributed by atoms with Gasteiger partial charge in [-0.2, -0.15) is 0 Å². The van der Waals surface area contributed by atoms with Crippen molar-refractivity contribution in [2.45, 2.75) is 124 Å². The lowest BCUT2D eigenvalue weighted by atomic mass is 9.85. The van der Waals surface area contributed by atoms with Crippen molar-refractivity contribution in [1.29, 1.82) is 0 Å². The third kappa shape index (κ3) is 8.81. The summed E-state index contributed by atoms with van der Waals surface area (Å²) in [6, 6.07) is 30.3. The van der Waals surface area contributed by atoms with E-state index in [-0.39, 0.29) is 16.5 Å². The Kier molecular flexibility index (Phi) is 11.8. The van der Waals surface area contributed by atoms with Crippen molar-refractivity contribution in [1.82, 2.24) is 4.57 Å². The van der Waals surface area contributed by atoms with Gasteiger partial charge < -0.3 is 13.7 Å². The molecule has 55 heavy (non-hydrogen) atoms. The number of rotatable bonds is 15. The van der Waals surface area contributed by atoms with E-state index in [1.165, 1.54) is 101 Å². The van der Waals surface area contributed by atoms with Gasteiger partial charge >= 0.3 is 5.63 Å². The summed E-state index contributed by atoms with van der Waals surface area (Å²) in [5.74, 6) is 0.749. The number of thiophene rings is 2. The van der Waals surface area contributed by atoms with Crippen LogP contribution in [0.1, 0.15) is 124 Å². The van der Waals surface area contributed by atoms with Gasteiger partial charge in [0.25, 0.3) is 0 Å². The summed E-state index contributed by atoms with van der Waals surface area (Å²) in [4.78, 5) is 16.5. The van der Waals surface area contributed by atoms with E-state index in [1.54, 1.807) is 22.7 Å². The molecular formula is C49H57NO3S2. The Bertz CT molecular complexity index is 2390. The highest BCUT2D eigenvalue weighted by atomic mass is 32.1. The van der Waals surface area contributed by atoms with Crippen molar-refractivity contribution < 1.29 is 9.15 Å². The first-order valence-corrected chi connectivity index (χ1v) is 22.0. The van der Waals surface area contributed by atoms with Crippen LogP contribution in [0.5, 0.6) is 5.75 Å². The summed E-state index contributed by atoms with van der Waals surface area (Å²) in [7, 11) is 0. The molecule has 0 atom stereocenters. The number of fused-ring (bicyclic) bond motifs is 4. The number of hydrogen-bond acceptors (Lipinski definition) is 5. The van der Waals surface area contributed by atoms with Crippen LogP contribution in [0.25, 0.3) is 58.0 Å². The summed E-state index contributed by atoms with van der Waals surface area (Å²) in [5.41, 5.74) is 6.05. The highest BCUT2D eigenvalue weighted by Crippen LogP contribution is 2.42. The van der Waals surface area contributed by atoms with Crippen molar-refractivity contribution in [3.63, 3.8) is 0 Å². The van der Waals surface area contributed by atoms with Gasteiger partial charge in [0.15, 0.2) is 0 Å². The van der Waals surface area contributed by atoms with Crippen LogP contribution >= 0.6 is 22.7 Å². The van der Waals surface area contributed by atoms with E-state index in [2.05, 4.69) is 108 Å². The van der Waals surface area contributed by atoms with Crippen molar-refractivity contribution in [2.75, 3.05) is 6.61 Å². The molecular weight excluding hydrogens is 715 g/mol. The third-order valence-corrected chi connectivity index (χ3v) is 13.3. The van der Waals surface area contributed by atoms with Gasteiger partial charge in [0.2, 0.25) is 0 Å². The average molecular weight is 772 g/mol. The zero-order valence-corrected chi connectivity index (χ0v) is 35.5. The zero-order valence-electron chi connectivity index (χ0n) is 33.8. The SMILES string of the molecule is CCCCCCCCCCCCOc1ccc2cc(-c3ccc(-c4ccc(-n5c6ccc(C(C)(C)C)cc6c6cc(C(C)(C)C)ccc65)s4)s3)c(=O)oc2c1. The van der Waals surface area contributed by atoms with Gasteiger partial charge in [-0.3, -0.25) is 0 Å². The summed E-state index contributed by atoms with van der Waals surface area (Å²) in [6.07, 6.45) is 13.0. The van der Waals surface area contributed by atoms with E-state index in [9.17, 15) is 4.79 Å². The molecule has 0 aliphatic rings. The predicted molar refractivity (Wildman–Crippen MR) is 238 cm³/mol. The first kappa shape index (κ1) is 39.1. The Balaban J connectivity index is 1.07. The zero-order chi connectivity index (χ0) is 38.7. The van der Waals surface area contributed by atoms with Crippen LogP contribution in [0.15, 0.2) is 94.1 Å². The van der Waals surface area contributed by atoms with Crippen LogP contribution in [-0.2, 0) is 10.8 Å². The molecule has 4 nitrogen and oxygen atoms in total. The Labute approximate surface area is 335 Å².